The molecule has 15 heavy (non-hydrogen) atoms. The molecule has 0 aliphatic rings. The van der Waals surface area contributed by atoms with Crippen LogP contribution in [0.4, 0.5) is 5.69 Å². The summed E-state index contributed by atoms with van der Waals surface area (Å²) in [7, 11) is 0. The Labute approximate surface area is 90.3 Å². The Morgan fingerprint density at radius 2 is 2.27 bits per heavy atom. The molecule has 0 aromatic heterocycles. The van der Waals surface area contributed by atoms with E-state index in [0.717, 1.165) is 4.90 Å². The molecule has 1 aromatic rings. The minimum Gasteiger partial charge on any atom is -0.481 e. The van der Waals surface area contributed by atoms with Crippen molar-refractivity contribution in [3.8, 4) is 0 Å². The third kappa shape index (κ3) is 2.95. The molecule has 1 N–H and O–H groups in total. The van der Waals surface area contributed by atoms with E-state index in [4.69, 9.17) is 5.11 Å². The van der Waals surface area contributed by atoms with Crippen LogP contribution in [0.15, 0.2) is 23.1 Å². The lowest BCUT2D eigenvalue weighted by molar-refractivity contribution is -0.385. The van der Waals surface area contributed by atoms with Crippen LogP contribution in [0.5, 0.6) is 0 Å². The Morgan fingerprint density at radius 1 is 1.60 bits per heavy atom. The van der Waals surface area contributed by atoms with Crippen LogP contribution in [0.2, 0.25) is 0 Å². The predicted octanol–water partition coefficient (Wildman–Crippen LogP) is 1.94. The average molecular weight is 227 g/mol. The second-order valence-electron chi connectivity index (χ2n) is 2.82. The molecule has 0 heterocycles. The highest BCUT2D eigenvalue weighted by Gasteiger charge is 2.16. The molecule has 6 heteroatoms. The first-order valence-electron chi connectivity index (χ1n) is 4.07. The van der Waals surface area contributed by atoms with E-state index in [9.17, 15) is 14.9 Å². The fourth-order valence-corrected chi connectivity index (χ4v) is 1.59. The van der Waals surface area contributed by atoms with Crippen molar-refractivity contribution < 1.29 is 14.8 Å². The maximum atomic E-state index is 10.7. The SMILES string of the molecule is CSc1ccc(CC(=O)O)c([N+](=O)[O-])c1. The lowest BCUT2D eigenvalue weighted by Crippen LogP contribution is -2.03. The number of carboxylic acid groups (broad SMARTS) is 1. The first-order chi connectivity index (χ1) is 7.04. The number of hydrogen-bond acceptors (Lipinski definition) is 4. The number of thioether (sulfide) groups is 1. The molecule has 5 nitrogen and oxygen atoms in total. The van der Waals surface area contributed by atoms with Gasteiger partial charge in [-0.2, -0.15) is 0 Å². The van der Waals surface area contributed by atoms with Gasteiger partial charge in [0.1, 0.15) is 0 Å². The molecule has 0 unspecified atom stereocenters. The number of nitro benzene ring substituents is 1. The molecule has 0 aliphatic carbocycles. The smallest absolute Gasteiger partial charge is 0.308 e. The fraction of sp³-hybridized carbons (Fsp3) is 0.222. The normalized spacial score (nSPS) is 9.93. The summed E-state index contributed by atoms with van der Waals surface area (Å²) in [6.45, 7) is 0. The summed E-state index contributed by atoms with van der Waals surface area (Å²) in [4.78, 5) is 21.3. The molecule has 0 fully saturated rings. The Hall–Kier alpha value is -1.56. The maximum Gasteiger partial charge on any atom is 0.308 e. The number of carboxylic acids is 1. The summed E-state index contributed by atoms with van der Waals surface area (Å²) in [5.74, 6) is -1.07. The van der Waals surface area contributed by atoms with Gasteiger partial charge in [-0.25, -0.2) is 0 Å². The molecule has 0 saturated carbocycles. The van der Waals surface area contributed by atoms with Crippen LogP contribution in [-0.4, -0.2) is 22.3 Å². The number of hydrogen-bond donors (Lipinski definition) is 1. The third-order valence-corrected chi connectivity index (χ3v) is 2.56. The first-order valence-corrected chi connectivity index (χ1v) is 5.30. The Balaban J connectivity index is 3.15. The van der Waals surface area contributed by atoms with Gasteiger partial charge in [0.15, 0.2) is 0 Å². The van der Waals surface area contributed by atoms with Gasteiger partial charge in [-0.3, -0.25) is 14.9 Å². The third-order valence-electron chi connectivity index (χ3n) is 1.83. The van der Waals surface area contributed by atoms with Crippen LogP contribution in [0, 0.1) is 10.1 Å². The molecule has 0 radical (unpaired) electrons. The minimum absolute atomic E-state index is 0.135. The van der Waals surface area contributed by atoms with Gasteiger partial charge in [-0.15, -0.1) is 11.8 Å². The number of nitro groups is 1. The van der Waals surface area contributed by atoms with E-state index in [0.29, 0.717) is 0 Å². The highest BCUT2D eigenvalue weighted by atomic mass is 32.2. The van der Waals surface area contributed by atoms with E-state index >= 15 is 0 Å². The highest BCUT2D eigenvalue weighted by Crippen LogP contribution is 2.25. The number of nitrogens with zero attached hydrogens (tertiary/aromatic N) is 1. The van der Waals surface area contributed by atoms with Crippen LogP contribution in [0.25, 0.3) is 0 Å². The molecular formula is C9H9NO4S. The molecule has 1 aromatic carbocycles. The fourth-order valence-electron chi connectivity index (χ4n) is 1.15. The molecule has 0 amide bonds. The van der Waals surface area contributed by atoms with Crippen molar-refractivity contribution in [1.29, 1.82) is 0 Å². The van der Waals surface area contributed by atoms with Gasteiger partial charge in [0, 0.05) is 16.5 Å². The molecule has 0 aliphatic heterocycles. The number of rotatable bonds is 4. The Kier molecular flexibility index (Phi) is 3.68. The van der Waals surface area contributed by atoms with Gasteiger partial charge in [0.2, 0.25) is 0 Å². The topological polar surface area (TPSA) is 80.4 Å². The quantitative estimate of drug-likeness (QED) is 0.483. The minimum atomic E-state index is -1.07. The van der Waals surface area contributed by atoms with Crippen molar-refractivity contribution in [2.45, 2.75) is 11.3 Å². The number of carbonyl (C=O) groups is 1. The van der Waals surface area contributed by atoms with Crippen LogP contribution in [-0.2, 0) is 11.2 Å². The van der Waals surface area contributed by atoms with Crippen molar-refractivity contribution in [3.05, 3.63) is 33.9 Å². The summed E-state index contributed by atoms with van der Waals surface area (Å²) in [6, 6.07) is 4.55. The molecule has 80 valence electrons. The summed E-state index contributed by atoms with van der Waals surface area (Å²) < 4.78 is 0. The second-order valence-corrected chi connectivity index (χ2v) is 3.70. The summed E-state index contributed by atoms with van der Waals surface area (Å²) in [5, 5.41) is 19.2. The van der Waals surface area contributed by atoms with Gasteiger partial charge in [0.05, 0.1) is 11.3 Å². The van der Waals surface area contributed by atoms with Crippen molar-refractivity contribution in [2.75, 3.05) is 6.26 Å². The van der Waals surface area contributed by atoms with Crippen molar-refractivity contribution in [3.63, 3.8) is 0 Å². The van der Waals surface area contributed by atoms with Gasteiger partial charge in [0.25, 0.3) is 5.69 Å². The molecule has 0 atom stereocenters. The predicted molar refractivity (Wildman–Crippen MR) is 56.2 cm³/mol. The largest absolute Gasteiger partial charge is 0.481 e. The number of benzene rings is 1. The molecule has 0 spiro atoms. The van der Waals surface area contributed by atoms with Gasteiger partial charge in [-0.1, -0.05) is 6.07 Å². The summed E-state index contributed by atoms with van der Waals surface area (Å²) in [5.41, 5.74) is 0.0922. The monoisotopic (exact) mass is 227 g/mol. The van der Waals surface area contributed by atoms with E-state index in [1.807, 2.05) is 0 Å². The summed E-state index contributed by atoms with van der Waals surface area (Å²) in [6.07, 6.45) is 1.47. The van der Waals surface area contributed by atoms with Gasteiger partial charge in [-0.05, 0) is 12.3 Å². The van der Waals surface area contributed by atoms with Crippen molar-refractivity contribution in [1.82, 2.24) is 0 Å². The van der Waals surface area contributed by atoms with Crippen LogP contribution >= 0.6 is 11.8 Å². The standard InChI is InChI=1S/C9H9NO4S/c1-15-7-3-2-6(4-9(11)12)8(5-7)10(13)14/h2-3,5H,4H2,1H3,(H,11,12). The second kappa shape index (κ2) is 4.79. The first kappa shape index (κ1) is 11.5. The van der Waals surface area contributed by atoms with E-state index < -0.39 is 10.9 Å². The Morgan fingerprint density at radius 3 is 2.73 bits per heavy atom. The zero-order valence-electron chi connectivity index (χ0n) is 7.97. The van der Waals surface area contributed by atoms with Crippen molar-refractivity contribution in [2.24, 2.45) is 0 Å². The lowest BCUT2D eigenvalue weighted by atomic mass is 10.1. The van der Waals surface area contributed by atoms with Crippen LogP contribution < -0.4 is 0 Å². The lowest BCUT2D eigenvalue weighted by Gasteiger charge is -2.01. The summed E-state index contributed by atoms with van der Waals surface area (Å²) >= 11 is 1.38. The molecule has 1 rings (SSSR count). The molecular weight excluding hydrogens is 218 g/mol. The highest BCUT2D eigenvalue weighted by molar-refractivity contribution is 7.98. The zero-order valence-corrected chi connectivity index (χ0v) is 8.78. The van der Waals surface area contributed by atoms with E-state index in [1.54, 1.807) is 12.3 Å². The number of aliphatic carboxylic acids is 1. The van der Waals surface area contributed by atoms with Crippen LogP contribution in [0.1, 0.15) is 5.56 Å². The van der Waals surface area contributed by atoms with E-state index in [-0.39, 0.29) is 17.7 Å². The van der Waals surface area contributed by atoms with Gasteiger partial charge < -0.3 is 5.11 Å². The van der Waals surface area contributed by atoms with Crippen LogP contribution in [0.3, 0.4) is 0 Å². The Bertz CT molecular complexity index is 405. The maximum absolute atomic E-state index is 10.7. The van der Waals surface area contributed by atoms with Gasteiger partial charge >= 0.3 is 5.97 Å². The van der Waals surface area contributed by atoms with E-state index in [2.05, 4.69) is 0 Å². The molecule has 0 bridgehead atoms. The van der Waals surface area contributed by atoms with E-state index in [1.165, 1.54) is 23.9 Å². The zero-order chi connectivity index (χ0) is 11.4. The average Bonchev–Trinajstić information content (AvgIpc) is 2.17. The van der Waals surface area contributed by atoms with Crippen molar-refractivity contribution >= 4 is 23.4 Å². The molecule has 0 saturated heterocycles.